The van der Waals surface area contributed by atoms with Crippen molar-refractivity contribution in [2.45, 2.75) is 50.6 Å². The predicted molar refractivity (Wildman–Crippen MR) is 88.4 cm³/mol. The molecule has 0 unspecified atom stereocenters. The molecule has 0 saturated heterocycles. The summed E-state index contributed by atoms with van der Waals surface area (Å²) in [7, 11) is 0. The second-order valence-corrected chi connectivity index (χ2v) is 6.85. The van der Waals surface area contributed by atoms with Crippen LogP contribution >= 0.6 is 0 Å². The summed E-state index contributed by atoms with van der Waals surface area (Å²) in [5, 5.41) is 0. The molecule has 130 valence electrons. The first-order valence-electron chi connectivity index (χ1n) is 8.37. The number of carbonyl (C=O) groups excluding carboxylic acids is 2. The molecule has 0 heterocycles. The molecule has 4 N–H and O–H groups in total. The van der Waals surface area contributed by atoms with Gasteiger partial charge in [-0.05, 0) is 36.1 Å². The van der Waals surface area contributed by atoms with Crippen molar-refractivity contribution in [3.63, 3.8) is 0 Å². The van der Waals surface area contributed by atoms with Crippen LogP contribution in [0.15, 0.2) is 12.1 Å². The molecule has 0 aromatic heterocycles. The van der Waals surface area contributed by atoms with Crippen LogP contribution in [-0.2, 0) is 44.7 Å². The fraction of sp³-hybridized carbons (Fsp3) is 0.556. The third-order valence-corrected chi connectivity index (χ3v) is 4.91. The van der Waals surface area contributed by atoms with Crippen molar-refractivity contribution in [3.8, 4) is 0 Å². The number of carbonyl (C=O) groups is 2. The van der Waals surface area contributed by atoms with Gasteiger partial charge in [0.15, 0.2) is 0 Å². The lowest BCUT2D eigenvalue weighted by Gasteiger charge is -2.21. The zero-order valence-electron chi connectivity index (χ0n) is 14.2. The lowest BCUT2D eigenvalue weighted by molar-refractivity contribution is -0.150. The Balaban J connectivity index is 1.83. The van der Waals surface area contributed by atoms with Gasteiger partial charge in [-0.15, -0.1) is 0 Å². The summed E-state index contributed by atoms with van der Waals surface area (Å²) in [4.78, 5) is 24.2. The van der Waals surface area contributed by atoms with Crippen LogP contribution in [0.3, 0.4) is 0 Å². The monoisotopic (exact) mass is 332 g/mol. The van der Waals surface area contributed by atoms with Gasteiger partial charge in [-0.1, -0.05) is 12.1 Å². The maximum absolute atomic E-state index is 12.1. The highest BCUT2D eigenvalue weighted by Crippen LogP contribution is 2.37. The normalized spacial score (nSPS) is 19.5. The number of fused-ring (bicyclic) bond motifs is 2. The number of benzene rings is 1. The molecule has 3 rings (SSSR count). The van der Waals surface area contributed by atoms with Gasteiger partial charge in [-0.2, -0.15) is 0 Å². The van der Waals surface area contributed by atoms with Crippen LogP contribution in [0.4, 0.5) is 0 Å². The van der Waals surface area contributed by atoms with E-state index in [4.69, 9.17) is 20.9 Å². The van der Waals surface area contributed by atoms with Crippen LogP contribution in [0.1, 0.15) is 36.1 Å². The minimum atomic E-state index is -0.992. The second-order valence-electron chi connectivity index (χ2n) is 6.85. The van der Waals surface area contributed by atoms with E-state index in [1.807, 2.05) is 12.1 Å². The van der Waals surface area contributed by atoms with E-state index in [-0.39, 0.29) is 11.9 Å². The highest BCUT2D eigenvalue weighted by Gasteiger charge is 2.45. The highest BCUT2D eigenvalue weighted by atomic mass is 16.5. The first kappa shape index (κ1) is 16.9. The summed E-state index contributed by atoms with van der Waals surface area (Å²) in [5.41, 5.74) is 14.7. The number of ether oxygens (including phenoxy) is 2. The molecule has 1 aromatic carbocycles. The zero-order chi connectivity index (χ0) is 17.5. The predicted octanol–water partition coefficient (Wildman–Crippen LogP) is 0.405. The first-order chi connectivity index (χ1) is 11.3. The van der Waals surface area contributed by atoms with E-state index in [1.165, 1.54) is 0 Å². The van der Waals surface area contributed by atoms with E-state index >= 15 is 0 Å². The Labute approximate surface area is 141 Å². The maximum atomic E-state index is 12.1. The molecule has 2 aliphatic rings. The summed E-state index contributed by atoms with van der Waals surface area (Å²) in [6.45, 7) is 4.18. The smallest absolute Gasteiger partial charge is 0.326 e. The summed E-state index contributed by atoms with van der Waals surface area (Å²) in [5.74, 6) is -0.720. The maximum Gasteiger partial charge on any atom is 0.326 e. The molecule has 0 bridgehead atoms. The Kier molecular flexibility index (Phi) is 4.13. The van der Waals surface area contributed by atoms with E-state index in [1.54, 1.807) is 13.8 Å². The van der Waals surface area contributed by atoms with Crippen LogP contribution in [0.2, 0.25) is 0 Å². The Bertz CT molecular complexity index is 608. The topological polar surface area (TPSA) is 105 Å². The molecule has 0 atom stereocenters. The first-order valence-corrected chi connectivity index (χ1v) is 8.37. The average molecular weight is 332 g/mol. The van der Waals surface area contributed by atoms with Gasteiger partial charge in [-0.25, -0.2) is 0 Å². The molecular formula is C18H24N2O4. The van der Waals surface area contributed by atoms with E-state index in [0.29, 0.717) is 38.9 Å². The summed E-state index contributed by atoms with van der Waals surface area (Å²) in [6.07, 6.45) is 1.80. The Morgan fingerprint density at radius 2 is 1.12 bits per heavy atom. The average Bonchev–Trinajstić information content (AvgIpc) is 3.01. The van der Waals surface area contributed by atoms with E-state index < -0.39 is 11.1 Å². The van der Waals surface area contributed by atoms with Crippen molar-refractivity contribution in [2.24, 2.45) is 11.5 Å². The minimum Gasteiger partial charge on any atom is -0.465 e. The summed E-state index contributed by atoms with van der Waals surface area (Å²) in [6, 6.07) is 4.07. The van der Waals surface area contributed by atoms with Crippen LogP contribution in [0.5, 0.6) is 0 Å². The van der Waals surface area contributed by atoms with Crippen LogP contribution < -0.4 is 11.5 Å². The minimum absolute atomic E-state index is 0.319. The molecule has 24 heavy (non-hydrogen) atoms. The standard InChI is InChI=1S/C18H24N2O4/c1-3-23-15(21)17(19)7-11-5-13-9-18(20,16(22)24-4-2)10-14(13)6-12(11)8-17/h5-6H,3-4,7-10,19-20H2,1-2H3. The largest absolute Gasteiger partial charge is 0.465 e. The van der Waals surface area contributed by atoms with Gasteiger partial charge in [-0.3, -0.25) is 9.59 Å². The van der Waals surface area contributed by atoms with Crippen LogP contribution in [0, 0.1) is 0 Å². The summed E-state index contributed by atoms with van der Waals surface area (Å²) < 4.78 is 10.2. The van der Waals surface area contributed by atoms with E-state index in [2.05, 4.69) is 0 Å². The van der Waals surface area contributed by atoms with Gasteiger partial charge in [0.2, 0.25) is 0 Å². The zero-order valence-corrected chi connectivity index (χ0v) is 14.2. The van der Waals surface area contributed by atoms with E-state index in [9.17, 15) is 9.59 Å². The second kappa shape index (κ2) is 5.86. The lowest BCUT2D eigenvalue weighted by atomic mass is 9.96. The number of hydrogen-bond donors (Lipinski definition) is 2. The fourth-order valence-electron chi connectivity index (χ4n) is 3.77. The van der Waals surface area contributed by atoms with Gasteiger partial charge in [0.05, 0.1) is 13.2 Å². The third kappa shape index (κ3) is 2.70. The van der Waals surface area contributed by atoms with Crippen LogP contribution in [0.25, 0.3) is 0 Å². The Morgan fingerprint density at radius 1 is 0.833 bits per heavy atom. The molecule has 0 fully saturated rings. The molecular weight excluding hydrogens is 308 g/mol. The van der Waals surface area contributed by atoms with Gasteiger partial charge in [0.25, 0.3) is 0 Å². The van der Waals surface area contributed by atoms with Crippen molar-refractivity contribution < 1.29 is 19.1 Å². The molecule has 0 aliphatic heterocycles. The molecule has 2 aliphatic carbocycles. The summed E-state index contributed by atoms with van der Waals surface area (Å²) >= 11 is 0. The quantitative estimate of drug-likeness (QED) is 0.774. The number of hydrogen-bond acceptors (Lipinski definition) is 6. The van der Waals surface area contributed by atoms with E-state index in [0.717, 1.165) is 22.3 Å². The molecule has 0 amide bonds. The number of rotatable bonds is 4. The molecule has 6 heteroatoms. The van der Waals surface area contributed by atoms with Crippen molar-refractivity contribution in [1.82, 2.24) is 0 Å². The number of esters is 2. The van der Waals surface area contributed by atoms with Gasteiger partial charge in [0.1, 0.15) is 11.1 Å². The SMILES string of the molecule is CCOC(=O)C1(N)Cc2cc3c(cc2C1)CC(N)(C(=O)OCC)C3. The molecule has 0 radical (unpaired) electrons. The molecule has 0 spiro atoms. The Morgan fingerprint density at radius 3 is 1.38 bits per heavy atom. The van der Waals surface area contributed by atoms with Crippen molar-refractivity contribution in [1.29, 1.82) is 0 Å². The van der Waals surface area contributed by atoms with Crippen molar-refractivity contribution >= 4 is 11.9 Å². The van der Waals surface area contributed by atoms with Gasteiger partial charge < -0.3 is 20.9 Å². The molecule has 6 nitrogen and oxygen atoms in total. The molecule has 1 aromatic rings. The third-order valence-electron chi connectivity index (χ3n) is 4.91. The van der Waals surface area contributed by atoms with Crippen LogP contribution in [-0.4, -0.2) is 36.2 Å². The van der Waals surface area contributed by atoms with Crippen molar-refractivity contribution in [2.75, 3.05) is 13.2 Å². The van der Waals surface area contributed by atoms with Crippen molar-refractivity contribution in [3.05, 3.63) is 34.4 Å². The van der Waals surface area contributed by atoms with Gasteiger partial charge in [0, 0.05) is 25.7 Å². The lowest BCUT2D eigenvalue weighted by Crippen LogP contribution is -2.50. The Hall–Kier alpha value is -1.92. The highest BCUT2D eigenvalue weighted by molar-refractivity contribution is 5.84. The fourth-order valence-corrected chi connectivity index (χ4v) is 3.77. The van der Waals surface area contributed by atoms with Gasteiger partial charge >= 0.3 is 11.9 Å². The molecule has 0 saturated carbocycles. The number of nitrogens with two attached hydrogens (primary N) is 2.